The molecule has 1 unspecified atom stereocenters. The molecule has 1 atom stereocenters. The summed E-state index contributed by atoms with van der Waals surface area (Å²) in [6, 6.07) is 3.68. The number of halogens is 1. The predicted octanol–water partition coefficient (Wildman–Crippen LogP) is 2.69. The van der Waals surface area contributed by atoms with E-state index in [1.807, 2.05) is 13.0 Å². The van der Waals surface area contributed by atoms with Gasteiger partial charge in [0.2, 0.25) is 9.05 Å². The molecule has 0 aliphatic rings. The van der Waals surface area contributed by atoms with Gasteiger partial charge in [-0.2, -0.15) is 0 Å². The molecule has 0 saturated carbocycles. The van der Waals surface area contributed by atoms with E-state index in [0.29, 0.717) is 0 Å². The number of hydrogen-bond donors (Lipinski definition) is 0. The van der Waals surface area contributed by atoms with Crippen LogP contribution in [0, 0.1) is 6.92 Å². The van der Waals surface area contributed by atoms with Crippen molar-refractivity contribution in [1.29, 1.82) is 0 Å². The van der Waals surface area contributed by atoms with Gasteiger partial charge in [-0.25, -0.2) is 8.42 Å². The van der Waals surface area contributed by atoms with Gasteiger partial charge < -0.3 is 0 Å². The van der Waals surface area contributed by atoms with Crippen molar-refractivity contribution in [2.75, 3.05) is 0 Å². The van der Waals surface area contributed by atoms with Gasteiger partial charge in [-0.3, -0.25) is 0 Å². The van der Waals surface area contributed by atoms with Crippen LogP contribution >= 0.6 is 22.0 Å². The van der Waals surface area contributed by atoms with Crippen LogP contribution in [0.5, 0.6) is 0 Å². The molecule has 0 fully saturated rings. The summed E-state index contributed by atoms with van der Waals surface area (Å²) in [5.74, 6) is 0. The van der Waals surface area contributed by atoms with Crippen molar-refractivity contribution < 1.29 is 8.42 Å². The van der Waals surface area contributed by atoms with Gasteiger partial charge >= 0.3 is 0 Å². The number of aryl methyl sites for hydroxylation is 1. The van der Waals surface area contributed by atoms with Gasteiger partial charge in [0.25, 0.3) is 0 Å². The third-order valence-corrected chi connectivity index (χ3v) is 4.82. The molecular formula is C7H9ClO2S2. The molecule has 0 saturated heterocycles. The molecule has 0 aliphatic heterocycles. The van der Waals surface area contributed by atoms with Crippen LogP contribution in [0.25, 0.3) is 0 Å². The third kappa shape index (κ3) is 2.21. The molecule has 1 rings (SSSR count). The highest BCUT2D eigenvalue weighted by Gasteiger charge is 2.20. The zero-order chi connectivity index (χ0) is 9.35. The highest BCUT2D eigenvalue weighted by molar-refractivity contribution is 8.14. The van der Waals surface area contributed by atoms with Gasteiger partial charge in [-0.15, -0.1) is 11.3 Å². The SMILES string of the molecule is Cc1ccc(C(C)S(=O)(=O)Cl)s1. The van der Waals surface area contributed by atoms with Crippen molar-refractivity contribution >= 4 is 31.1 Å². The molecule has 1 aromatic rings. The molecule has 0 aromatic carbocycles. The molecule has 12 heavy (non-hydrogen) atoms. The molecule has 0 radical (unpaired) electrons. The van der Waals surface area contributed by atoms with Crippen LogP contribution in [0.3, 0.4) is 0 Å². The van der Waals surface area contributed by atoms with E-state index in [4.69, 9.17) is 10.7 Å². The van der Waals surface area contributed by atoms with E-state index in [0.717, 1.165) is 9.75 Å². The quantitative estimate of drug-likeness (QED) is 0.724. The second kappa shape index (κ2) is 3.36. The van der Waals surface area contributed by atoms with E-state index in [1.54, 1.807) is 13.0 Å². The Kier molecular flexibility index (Phi) is 2.81. The zero-order valence-electron chi connectivity index (χ0n) is 6.74. The summed E-state index contributed by atoms with van der Waals surface area (Å²) in [4.78, 5) is 1.89. The van der Waals surface area contributed by atoms with Crippen LogP contribution in [0.15, 0.2) is 12.1 Å². The maximum atomic E-state index is 10.9. The number of thiophene rings is 1. The summed E-state index contributed by atoms with van der Waals surface area (Å²) < 4.78 is 21.8. The Labute approximate surface area is 80.6 Å². The Morgan fingerprint density at radius 3 is 2.42 bits per heavy atom. The summed E-state index contributed by atoms with van der Waals surface area (Å²) in [7, 11) is 1.75. The maximum absolute atomic E-state index is 10.9. The van der Waals surface area contributed by atoms with Crippen molar-refractivity contribution in [1.82, 2.24) is 0 Å². The first-order chi connectivity index (χ1) is 5.41. The van der Waals surface area contributed by atoms with Crippen LogP contribution in [0.2, 0.25) is 0 Å². The fourth-order valence-electron chi connectivity index (χ4n) is 0.811. The number of hydrogen-bond acceptors (Lipinski definition) is 3. The van der Waals surface area contributed by atoms with Gasteiger partial charge in [0.15, 0.2) is 0 Å². The van der Waals surface area contributed by atoms with E-state index in [9.17, 15) is 8.42 Å². The highest BCUT2D eigenvalue weighted by atomic mass is 35.7. The van der Waals surface area contributed by atoms with Gasteiger partial charge in [0.05, 0.1) is 0 Å². The molecule has 0 N–H and O–H groups in total. The lowest BCUT2D eigenvalue weighted by atomic mass is 10.4. The fourth-order valence-corrected chi connectivity index (χ4v) is 2.95. The third-order valence-electron chi connectivity index (χ3n) is 1.58. The smallest absolute Gasteiger partial charge is 0.212 e. The molecule has 0 bridgehead atoms. The van der Waals surface area contributed by atoms with Gasteiger partial charge in [-0.1, -0.05) is 0 Å². The summed E-state index contributed by atoms with van der Waals surface area (Å²) in [5, 5.41) is -0.599. The largest absolute Gasteiger partial charge is 0.240 e. The Balaban J connectivity index is 3.01. The highest BCUT2D eigenvalue weighted by Crippen LogP contribution is 2.30. The molecule has 2 nitrogen and oxygen atoms in total. The first-order valence-electron chi connectivity index (χ1n) is 3.41. The van der Waals surface area contributed by atoms with Crippen LogP contribution in [0.4, 0.5) is 0 Å². The van der Waals surface area contributed by atoms with Crippen LogP contribution in [-0.2, 0) is 9.05 Å². The lowest BCUT2D eigenvalue weighted by Gasteiger charge is -2.02. The average molecular weight is 225 g/mol. The summed E-state index contributed by atoms with van der Waals surface area (Å²) in [6.45, 7) is 3.52. The van der Waals surface area contributed by atoms with Gasteiger partial charge in [0, 0.05) is 20.4 Å². The van der Waals surface area contributed by atoms with E-state index >= 15 is 0 Å². The number of rotatable bonds is 2. The van der Waals surface area contributed by atoms with Crippen LogP contribution in [-0.4, -0.2) is 8.42 Å². The van der Waals surface area contributed by atoms with Crippen molar-refractivity contribution in [3.05, 3.63) is 21.9 Å². The summed E-state index contributed by atoms with van der Waals surface area (Å²) in [5.41, 5.74) is 0. The lowest BCUT2D eigenvalue weighted by Crippen LogP contribution is -1.99. The van der Waals surface area contributed by atoms with E-state index in [-0.39, 0.29) is 0 Å². The minimum Gasteiger partial charge on any atom is -0.212 e. The molecule has 5 heteroatoms. The summed E-state index contributed by atoms with van der Waals surface area (Å²) in [6.07, 6.45) is 0. The topological polar surface area (TPSA) is 34.1 Å². The second-order valence-electron chi connectivity index (χ2n) is 2.57. The monoisotopic (exact) mass is 224 g/mol. The van der Waals surface area contributed by atoms with Crippen molar-refractivity contribution in [2.45, 2.75) is 19.1 Å². The summed E-state index contributed by atoms with van der Waals surface area (Å²) >= 11 is 1.46. The van der Waals surface area contributed by atoms with E-state index in [2.05, 4.69) is 0 Å². The Bertz CT molecular complexity index is 367. The van der Waals surface area contributed by atoms with Crippen molar-refractivity contribution in [3.63, 3.8) is 0 Å². The standard InChI is InChI=1S/C7H9ClO2S2/c1-5-3-4-7(11-5)6(2)12(8,9)10/h3-4,6H,1-2H3. The fraction of sp³-hybridized carbons (Fsp3) is 0.429. The molecule has 68 valence electrons. The zero-order valence-corrected chi connectivity index (χ0v) is 9.13. The first-order valence-corrected chi connectivity index (χ1v) is 6.60. The Morgan fingerprint density at radius 2 is 2.08 bits per heavy atom. The van der Waals surface area contributed by atoms with Gasteiger partial charge in [-0.05, 0) is 26.0 Å². The predicted molar refractivity (Wildman–Crippen MR) is 52.2 cm³/mol. The average Bonchev–Trinajstić information content (AvgIpc) is 2.32. The molecular weight excluding hydrogens is 216 g/mol. The molecule has 0 amide bonds. The Morgan fingerprint density at radius 1 is 1.50 bits per heavy atom. The maximum Gasteiger partial charge on any atom is 0.240 e. The molecule has 1 aromatic heterocycles. The van der Waals surface area contributed by atoms with Gasteiger partial charge in [0.1, 0.15) is 5.25 Å². The second-order valence-corrected chi connectivity index (χ2v) is 6.83. The Hall–Kier alpha value is -0.0600. The molecule has 0 aliphatic carbocycles. The van der Waals surface area contributed by atoms with E-state index < -0.39 is 14.3 Å². The van der Waals surface area contributed by atoms with Crippen molar-refractivity contribution in [2.24, 2.45) is 0 Å². The normalized spacial score (nSPS) is 14.6. The van der Waals surface area contributed by atoms with Crippen LogP contribution < -0.4 is 0 Å². The van der Waals surface area contributed by atoms with Crippen molar-refractivity contribution in [3.8, 4) is 0 Å². The molecule has 1 heterocycles. The molecule has 0 spiro atoms. The minimum absolute atomic E-state index is 0.599. The van der Waals surface area contributed by atoms with E-state index in [1.165, 1.54) is 11.3 Å². The first kappa shape index (κ1) is 10.0. The lowest BCUT2D eigenvalue weighted by molar-refractivity contribution is 0.601. The minimum atomic E-state index is -3.46. The van der Waals surface area contributed by atoms with Crippen LogP contribution in [0.1, 0.15) is 21.9 Å².